The molecule has 60 heavy (non-hydrogen) atoms. The van der Waals surface area contributed by atoms with Crippen LogP contribution in [0.5, 0.6) is 0 Å². The van der Waals surface area contributed by atoms with Gasteiger partial charge in [0.25, 0.3) is 17.4 Å². The monoisotopic (exact) mass is 814 g/mol. The summed E-state index contributed by atoms with van der Waals surface area (Å²) in [6.45, 7) is 8.36. The Morgan fingerprint density at radius 1 is 0.867 bits per heavy atom. The van der Waals surface area contributed by atoms with Crippen LogP contribution in [0.25, 0.3) is 11.0 Å². The van der Waals surface area contributed by atoms with Gasteiger partial charge in [-0.3, -0.25) is 48.5 Å². The number of aromatic nitrogens is 4. The zero-order valence-corrected chi connectivity index (χ0v) is 34.1. The Hall–Kier alpha value is -6.03. The molecule has 7 heterocycles. The topological polar surface area (TPSA) is 183 Å². The number of anilines is 4. The molecule has 1 aromatic carbocycles. The first-order valence-corrected chi connectivity index (χ1v) is 21.3. The molecule has 4 aromatic rings. The summed E-state index contributed by atoms with van der Waals surface area (Å²) in [4.78, 5) is 100. The van der Waals surface area contributed by atoms with Crippen LogP contribution in [-0.4, -0.2) is 110 Å². The molecule has 16 heteroatoms. The number of hydrogen-bond donors (Lipinski definition) is 2. The average molecular weight is 815 g/mol. The zero-order valence-electron chi connectivity index (χ0n) is 34.1. The highest BCUT2D eigenvalue weighted by Crippen LogP contribution is 2.38. The van der Waals surface area contributed by atoms with Crippen molar-refractivity contribution in [3.8, 4) is 0 Å². The Labute approximate surface area is 347 Å². The maximum absolute atomic E-state index is 13.9. The van der Waals surface area contributed by atoms with Gasteiger partial charge in [0.05, 0.1) is 34.3 Å². The Morgan fingerprint density at radius 3 is 2.38 bits per heavy atom. The van der Waals surface area contributed by atoms with E-state index in [0.29, 0.717) is 39.5 Å². The van der Waals surface area contributed by atoms with Crippen molar-refractivity contribution in [1.82, 2.24) is 34.6 Å². The van der Waals surface area contributed by atoms with Crippen molar-refractivity contribution in [3.63, 3.8) is 0 Å². The number of nitrogens with one attached hydrogen (secondary N) is 2. The number of benzene rings is 1. The van der Waals surface area contributed by atoms with Crippen molar-refractivity contribution in [3.05, 3.63) is 75.3 Å². The van der Waals surface area contributed by atoms with Gasteiger partial charge in [-0.1, -0.05) is 18.9 Å². The van der Waals surface area contributed by atoms with Crippen LogP contribution in [0, 0.1) is 6.92 Å². The summed E-state index contributed by atoms with van der Waals surface area (Å²) in [6.07, 6.45) is 11.5. The maximum atomic E-state index is 13.9. The molecule has 1 aliphatic carbocycles. The number of hydrogen-bond acceptors (Lipinski definition) is 13. The Kier molecular flexibility index (Phi) is 10.6. The molecule has 2 atom stereocenters. The average Bonchev–Trinajstić information content (AvgIpc) is 3.87. The third-order valence-electron chi connectivity index (χ3n) is 13.1. The number of imide groups is 2. The molecule has 2 N–H and O–H groups in total. The summed E-state index contributed by atoms with van der Waals surface area (Å²) in [7, 11) is 0. The fraction of sp³-hybridized carbons (Fsp3) is 0.477. The van der Waals surface area contributed by atoms with Gasteiger partial charge in [-0.15, -0.1) is 0 Å². The lowest BCUT2D eigenvalue weighted by molar-refractivity contribution is -0.136. The first-order chi connectivity index (χ1) is 29.1. The molecule has 312 valence electrons. The van der Waals surface area contributed by atoms with Crippen LogP contribution in [0.1, 0.15) is 114 Å². The lowest BCUT2D eigenvalue weighted by Crippen LogP contribution is -2.54. The second-order valence-electron chi connectivity index (χ2n) is 16.7. The molecule has 4 aliphatic heterocycles. The Bertz CT molecular complexity index is 2450. The van der Waals surface area contributed by atoms with E-state index < -0.39 is 29.7 Å². The second-order valence-corrected chi connectivity index (χ2v) is 16.7. The van der Waals surface area contributed by atoms with Crippen molar-refractivity contribution in [2.75, 3.05) is 54.4 Å². The lowest BCUT2D eigenvalue weighted by Gasteiger charge is -2.41. The molecule has 2 unspecified atom stereocenters. The van der Waals surface area contributed by atoms with Gasteiger partial charge in [-0.05, 0) is 88.6 Å². The highest BCUT2D eigenvalue weighted by atomic mass is 16.2. The summed E-state index contributed by atoms with van der Waals surface area (Å²) >= 11 is 0. The van der Waals surface area contributed by atoms with Crippen molar-refractivity contribution in [2.24, 2.45) is 0 Å². The van der Waals surface area contributed by atoms with Gasteiger partial charge < -0.3 is 15.1 Å². The van der Waals surface area contributed by atoms with Crippen LogP contribution in [0.2, 0.25) is 0 Å². The number of nitrogens with zero attached hydrogens (tertiary/aromatic N) is 8. The Morgan fingerprint density at radius 2 is 1.65 bits per heavy atom. The first-order valence-electron chi connectivity index (χ1n) is 21.3. The molecule has 4 amide bonds. The highest BCUT2D eigenvalue weighted by Gasteiger charge is 2.46. The minimum atomic E-state index is -0.993. The van der Waals surface area contributed by atoms with Gasteiger partial charge in [0.1, 0.15) is 17.5 Å². The van der Waals surface area contributed by atoms with Crippen molar-refractivity contribution < 1.29 is 24.0 Å². The second kappa shape index (κ2) is 16.2. The normalized spacial score (nSPS) is 21.5. The minimum absolute atomic E-state index is 0.00179. The van der Waals surface area contributed by atoms with Crippen molar-refractivity contribution in [1.29, 1.82) is 0 Å². The molecule has 1 saturated carbocycles. The summed E-state index contributed by atoms with van der Waals surface area (Å²) in [5.74, 6) is -1.28. The fourth-order valence-corrected chi connectivity index (χ4v) is 9.99. The van der Waals surface area contributed by atoms with E-state index in [1.807, 2.05) is 30.5 Å². The number of piperazine rings is 1. The van der Waals surface area contributed by atoms with Crippen LogP contribution in [-0.2, 0) is 9.59 Å². The van der Waals surface area contributed by atoms with Crippen molar-refractivity contribution >= 4 is 63.6 Å². The molecule has 0 radical (unpaired) electrons. The summed E-state index contributed by atoms with van der Waals surface area (Å²) in [5, 5.41) is 6.20. The number of Topliss-reactive ketones (excluding diaryl/α,β-unsaturated/α-hetero) is 1. The van der Waals surface area contributed by atoms with Crippen LogP contribution in [0.3, 0.4) is 0 Å². The predicted octanol–water partition coefficient (Wildman–Crippen LogP) is 4.53. The van der Waals surface area contributed by atoms with E-state index in [9.17, 15) is 28.8 Å². The quantitative estimate of drug-likeness (QED) is 0.169. The van der Waals surface area contributed by atoms with Crippen LogP contribution in [0.15, 0.2) is 47.5 Å². The molecule has 16 nitrogen and oxygen atoms in total. The first kappa shape index (κ1) is 39.4. The van der Waals surface area contributed by atoms with Gasteiger partial charge in [0.15, 0.2) is 5.78 Å². The van der Waals surface area contributed by atoms with E-state index in [1.165, 1.54) is 6.92 Å². The molecule has 3 aromatic heterocycles. The lowest BCUT2D eigenvalue weighted by atomic mass is 9.96. The van der Waals surface area contributed by atoms with Gasteiger partial charge in [-0.25, -0.2) is 9.97 Å². The van der Waals surface area contributed by atoms with E-state index >= 15 is 0 Å². The zero-order chi connectivity index (χ0) is 41.7. The third-order valence-corrected chi connectivity index (χ3v) is 13.1. The predicted molar refractivity (Wildman–Crippen MR) is 225 cm³/mol. The van der Waals surface area contributed by atoms with Gasteiger partial charge >= 0.3 is 0 Å². The summed E-state index contributed by atoms with van der Waals surface area (Å²) in [5.41, 5.74) is 3.50. The number of amides is 4. The number of piperidine rings is 2. The number of rotatable bonds is 10. The standard InChI is InChI=1S/C44H50N10O6/c1-26-32-25-46-44(49-39(32)53(29-9-3-4-10-29)42(59)37(26)27(2)55)47-35-15-13-30(24-45-35)51-22-20-50(21-23-51)19-17-28-8-5-6-18-52(28)33-12-7-11-31-38(33)43(60)54(41(31)58)34-14-16-36(56)48-40(34)57/h7,11-13,15,24-25,28-29,34H,3-6,8-10,14,16-23H2,1-2H3,(H,48,56,57)(H,45,46,47,49). The number of aryl methyl sites for hydroxylation is 1. The van der Waals surface area contributed by atoms with Gasteiger partial charge in [0, 0.05) is 69.4 Å². The van der Waals surface area contributed by atoms with Crippen molar-refractivity contribution in [2.45, 2.75) is 96.2 Å². The van der Waals surface area contributed by atoms with E-state index in [2.05, 4.69) is 35.3 Å². The number of ketones is 1. The highest BCUT2D eigenvalue weighted by molar-refractivity contribution is 6.25. The summed E-state index contributed by atoms with van der Waals surface area (Å²) in [6, 6.07) is 8.54. The summed E-state index contributed by atoms with van der Waals surface area (Å²) < 4.78 is 1.71. The molecular formula is C44H50N10O6. The molecule has 0 bridgehead atoms. The van der Waals surface area contributed by atoms with Crippen LogP contribution >= 0.6 is 0 Å². The molecular weight excluding hydrogens is 765 g/mol. The minimum Gasteiger partial charge on any atom is -0.368 e. The van der Waals surface area contributed by atoms with E-state index in [4.69, 9.17) is 4.98 Å². The molecule has 9 rings (SSSR count). The third kappa shape index (κ3) is 7.20. The number of carbonyl (C=O) groups excluding carboxylic acids is 5. The maximum Gasteiger partial charge on any atom is 0.264 e. The van der Waals surface area contributed by atoms with Crippen LogP contribution in [0.4, 0.5) is 23.1 Å². The van der Waals surface area contributed by atoms with E-state index in [0.717, 1.165) is 107 Å². The van der Waals surface area contributed by atoms with Gasteiger partial charge in [0.2, 0.25) is 17.8 Å². The largest absolute Gasteiger partial charge is 0.368 e. The fourth-order valence-electron chi connectivity index (χ4n) is 9.99. The smallest absolute Gasteiger partial charge is 0.264 e. The Balaban J connectivity index is 0.825. The SMILES string of the molecule is CC(=O)c1c(C)c2cnc(Nc3ccc(N4CCN(CCC5CCCCN5c5cccc6c5C(=O)N(C5CCC(=O)NC5=O)C6=O)CC4)cn3)nc2n(C2CCCC2)c1=O. The number of pyridine rings is 2. The molecule has 4 fully saturated rings. The molecule has 5 aliphatic rings. The van der Waals surface area contributed by atoms with E-state index in [1.54, 1.807) is 23.8 Å². The molecule has 3 saturated heterocycles. The van der Waals surface area contributed by atoms with Crippen LogP contribution < -0.4 is 26.0 Å². The van der Waals surface area contributed by atoms with E-state index in [-0.39, 0.29) is 41.8 Å². The van der Waals surface area contributed by atoms with Gasteiger partial charge in [-0.2, -0.15) is 4.98 Å². The molecule has 0 spiro atoms. The number of fused-ring (bicyclic) bond motifs is 2. The number of carbonyl (C=O) groups is 5.